The van der Waals surface area contributed by atoms with E-state index in [1.807, 2.05) is 64.6 Å². The van der Waals surface area contributed by atoms with E-state index in [1.54, 1.807) is 145 Å². The van der Waals surface area contributed by atoms with E-state index in [-0.39, 0.29) is 180 Å². The zero-order chi connectivity index (χ0) is 104. The second-order valence-electron chi connectivity index (χ2n) is 39.2. The number of methoxy groups -OCH3 is 1. The molecule has 141 heavy (non-hydrogen) atoms. The molecule has 0 bridgehead atoms. The summed E-state index contributed by atoms with van der Waals surface area (Å²) in [5.41, 5.74) is 9.78. The third-order valence-corrected chi connectivity index (χ3v) is 27.1. The summed E-state index contributed by atoms with van der Waals surface area (Å²) in [5, 5.41) is 36.8. The van der Waals surface area contributed by atoms with E-state index < -0.39 is 131 Å². The summed E-state index contributed by atoms with van der Waals surface area (Å²) in [6.07, 6.45) is 7.48. The average molecular weight is 1960 g/mol. The highest BCUT2D eigenvalue weighted by atomic mass is 16.6. The van der Waals surface area contributed by atoms with Crippen LogP contribution in [0.5, 0.6) is 0 Å². The van der Waals surface area contributed by atoms with Crippen LogP contribution in [0.1, 0.15) is 240 Å². The van der Waals surface area contributed by atoms with Crippen molar-refractivity contribution in [3.05, 3.63) is 150 Å². The van der Waals surface area contributed by atoms with Crippen LogP contribution in [0.15, 0.2) is 127 Å². The maximum absolute atomic E-state index is 15.0. The van der Waals surface area contributed by atoms with Gasteiger partial charge in [-0.05, 0) is 165 Å². The standard InChI is InChI=1S/C106H153N15O20/c1-17-69(10)98(87(140-16)61-94(131)119-57-29-34-83(119)70(11)71(12)100(133)112-72(13)99(132)76-30-21-18-22-31-76)117(14)103(136)82(65(2)3)60-86(124)97(68(8)9)118(15)106(139)141-64-75-41-47-81(48-42-75)114-102(135)78(59-85(123)96(67(6)7)116-89(126)36-24-20-26-56-121-92(129)51-52-93(121)130)33-28-54-109-105(138)111-63-74-39-45-80(46-40-74)113-101(134)77(32-27-53-108-104(137)110-62-73-37-43-79(107)44-38-73)58-84(122)95(66(4)5)115-88(125)35-23-19-25-55-120-90(127)49-50-91(120)128/h18,21-22,30-31,37-52,65-72,77-78,82-83,87,95-99,132H,17,19-20,23-29,32-36,53-64,107H2,1-16H3,(H,112,133)(H,113,134)(H,114,135)(H,115,125)(H,116,126)(H2,108,110,137)(H2,109,111,138)/t69-,70+,71+,72+,77+,78+,82-,83-,87+,95-,96-,97-,98-,99+/m0/s1. The van der Waals surface area contributed by atoms with Crippen molar-refractivity contribution in [2.24, 2.45) is 59.2 Å². The maximum atomic E-state index is 15.0. The molecule has 0 radical (unpaired) electrons. The van der Waals surface area contributed by atoms with Crippen molar-refractivity contribution in [1.82, 2.24) is 61.7 Å². The molecular weight excluding hydrogens is 1800 g/mol. The molecule has 0 aromatic heterocycles. The lowest BCUT2D eigenvalue weighted by molar-refractivity contribution is -0.148. The Kier molecular flexibility index (Phi) is 47.5. The number of benzene rings is 4. The van der Waals surface area contributed by atoms with Crippen molar-refractivity contribution in [2.75, 3.05) is 70.3 Å². The molecule has 16 amide bonds. The number of hydrogen-bond acceptors (Lipinski definition) is 21. The number of ether oxygens (including phenoxy) is 2. The SMILES string of the molecule is CC[C@H](C)[C@@H]([C@@H](CC(=O)N1CCC[C@H]1[C@H](C)[C@@H](C)C(=O)N[C@H](C)[C@@H](O)c1ccccc1)OC)N(C)C(=O)[C@@H](CC(=O)[C@H](C(C)C)N(C)C(=O)OCc1ccc(NC(=O)[C@H](CCCNC(=O)NCc2ccc(NC(=O)[C@H](CCCNC(=O)NCc3ccc(N)cc3)CC(=O)[C@@H](NC(=O)CCCCCN3C(=O)C=CC3=O)C(C)C)cc2)CC(=O)[C@@H](NC(=O)CCCCCN2C(=O)C=CC2=O)C(C)C)cc1)C(C)C. The van der Waals surface area contributed by atoms with Gasteiger partial charge in [-0.3, -0.25) is 76.9 Å². The highest BCUT2D eigenvalue weighted by Crippen LogP contribution is 2.35. The van der Waals surface area contributed by atoms with E-state index >= 15 is 4.79 Å². The van der Waals surface area contributed by atoms with Crippen molar-refractivity contribution in [1.29, 1.82) is 0 Å². The fraction of sp³-hybridized carbons (Fsp3) is 0.575. The molecule has 7 rings (SSSR count). The summed E-state index contributed by atoms with van der Waals surface area (Å²) in [6.45, 7) is 25.2. The van der Waals surface area contributed by atoms with E-state index in [2.05, 4.69) is 47.9 Å². The first kappa shape index (κ1) is 115. The molecule has 1 saturated heterocycles. The summed E-state index contributed by atoms with van der Waals surface area (Å²) in [7, 11) is 4.67. The van der Waals surface area contributed by atoms with Crippen molar-refractivity contribution in [2.45, 2.75) is 280 Å². The fourth-order valence-electron chi connectivity index (χ4n) is 18.2. The summed E-state index contributed by atoms with van der Waals surface area (Å²) in [4.78, 5) is 237. The molecule has 4 aromatic rings. The first-order valence-corrected chi connectivity index (χ1v) is 50.0. The van der Waals surface area contributed by atoms with Crippen molar-refractivity contribution in [3.8, 4) is 0 Å². The molecule has 14 atom stereocenters. The molecule has 0 saturated carbocycles. The number of Topliss-reactive ketones (excluding diaryl/α,β-unsaturated/α-hetero) is 3. The molecule has 35 nitrogen and oxygen atoms in total. The largest absolute Gasteiger partial charge is 0.445 e. The number of anilines is 3. The van der Waals surface area contributed by atoms with Gasteiger partial charge in [0.15, 0.2) is 17.3 Å². The third kappa shape index (κ3) is 36.5. The van der Waals surface area contributed by atoms with Crippen LogP contribution < -0.4 is 53.6 Å². The zero-order valence-corrected chi connectivity index (χ0v) is 85.1. The topological polar surface area (TPSA) is 479 Å². The van der Waals surface area contributed by atoms with Gasteiger partial charge in [0.25, 0.3) is 23.6 Å². The number of hydrogen-bond donors (Lipinski definition) is 11. The van der Waals surface area contributed by atoms with Gasteiger partial charge in [0, 0.05) is 170 Å². The highest BCUT2D eigenvalue weighted by molar-refractivity contribution is 6.13. The second kappa shape index (κ2) is 58.0. The minimum absolute atomic E-state index is 0.0445. The number of rotatable bonds is 60. The highest BCUT2D eigenvalue weighted by Gasteiger charge is 2.44. The summed E-state index contributed by atoms with van der Waals surface area (Å²) in [6, 6.07) is 23.9. The number of nitrogens with two attached hydrogens (primary N) is 1. The zero-order valence-electron chi connectivity index (χ0n) is 85.1. The van der Waals surface area contributed by atoms with Gasteiger partial charge in [0.1, 0.15) is 6.61 Å². The van der Waals surface area contributed by atoms with E-state index in [0.717, 1.165) is 21.8 Å². The van der Waals surface area contributed by atoms with Crippen LogP contribution in [0.4, 0.5) is 31.4 Å². The number of imide groups is 2. The lowest BCUT2D eigenvalue weighted by atomic mass is 9.83. The Hall–Kier alpha value is -12.5. The number of unbranched alkanes of at least 4 members (excludes halogenated alkanes) is 4. The number of aliphatic hydroxyl groups is 1. The minimum atomic E-state index is -1.01. The number of amides is 16. The number of nitrogen functional groups attached to an aromatic ring is 1. The van der Waals surface area contributed by atoms with Gasteiger partial charge < -0.3 is 82.9 Å². The summed E-state index contributed by atoms with van der Waals surface area (Å²) in [5.74, 6) is -10.3. The van der Waals surface area contributed by atoms with Gasteiger partial charge in [-0.2, -0.15) is 0 Å². The lowest BCUT2D eigenvalue weighted by Crippen LogP contribution is -2.54. The van der Waals surface area contributed by atoms with E-state index in [0.29, 0.717) is 98.1 Å². The molecule has 0 unspecified atom stereocenters. The number of urea groups is 2. The number of carbonyl (C=O) groups is 17. The van der Waals surface area contributed by atoms with E-state index in [1.165, 1.54) is 43.4 Å². The molecule has 0 spiro atoms. The normalized spacial score (nSPS) is 16.3. The Morgan fingerprint density at radius 3 is 1.40 bits per heavy atom. The number of carbonyl (C=O) groups excluding carboxylic acids is 17. The Labute approximate surface area is 830 Å². The number of aliphatic hydroxyl groups excluding tert-OH is 1. The Bertz CT molecular complexity index is 4900. The van der Waals surface area contributed by atoms with Gasteiger partial charge in [-0.15, -0.1) is 0 Å². The molecule has 35 heteroatoms. The van der Waals surface area contributed by atoms with Crippen LogP contribution in [0.2, 0.25) is 0 Å². The van der Waals surface area contributed by atoms with Gasteiger partial charge >= 0.3 is 18.2 Å². The summed E-state index contributed by atoms with van der Waals surface area (Å²) >= 11 is 0. The number of nitrogens with one attached hydrogen (secondary N) is 9. The van der Waals surface area contributed by atoms with Crippen LogP contribution in [-0.2, 0) is 96.3 Å². The third-order valence-electron chi connectivity index (χ3n) is 27.1. The van der Waals surface area contributed by atoms with E-state index in [9.17, 15) is 81.8 Å². The number of nitrogens with zero attached hydrogens (tertiary/aromatic N) is 5. The van der Waals surface area contributed by atoms with E-state index in [4.69, 9.17) is 15.2 Å². The Morgan fingerprint density at radius 1 is 0.504 bits per heavy atom. The van der Waals surface area contributed by atoms with Crippen LogP contribution in [-0.4, -0.2) is 226 Å². The monoisotopic (exact) mass is 1960 g/mol. The van der Waals surface area contributed by atoms with Crippen LogP contribution in [0, 0.1) is 59.2 Å². The first-order valence-electron chi connectivity index (χ1n) is 50.0. The van der Waals surface area contributed by atoms with Crippen LogP contribution in [0.3, 0.4) is 0 Å². The van der Waals surface area contributed by atoms with Crippen molar-refractivity contribution < 1.29 is 96.1 Å². The lowest BCUT2D eigenvalue weighted by Gasteiger charge is -2.41. The quantitative estimate of drug-likeness (QED) is 0.0111. The number of likely N-dealkylation sites (tertiary alicyclic amines) is 1. The average Bonchev–Trinajstić information content (AvgIpc) is 1.78. The minimum Gasteiger partial charge on any atom is -0.445 e. The van der Waals surface area contributed by atoms with Gasteiger partial charge in [0.05, 0.1) is 48.8 Å². The van der Waals surface area contributed by atoms with Gasteiger partial charge in [0.2, 0.25) is 41.4 Å². The van der Waals surface area contributed by atoms with Crippen molar-refractivity contribution in [3.63, 3.8) is 0 Å². The molecule has 3 aliphatic heterocycles. The first-order chi connectivity index (χ1) is 67.0. The maximum Gasteiger partial charge on any atom is 0.410 e. The molecule has 1 fully saturated rings. The molecule has 12 N–H and O–H groups in total. The van der Waals surface area contributed by atoms with Gasteiger partial charge in [-0.1, -0.05) is 169 Å². The molecule has 0 aliphatic carbocycles. The molecule has 3 heterocycles. The predicted molar refractivity (Wildman–Crippen MR) is 536 cm³/mol. The predicted octanol–water partition coefficient (Wildman–Crippen LogP) is 11.7. The molecular formula is C106H153N15O20. The number of likely N-dealkylation sites (N-methyl/N-ethyl adjacent to an activating group) is 2. The fourth-order valence-corrected chi connectivity index (χ4v) is 18.2. The van der Waals surface area contributed by atoms with Gasteiger partial charge in [-0.25, -0.2) is 14.4 Å². The Balaban J connectivity index is 0.944. The van der Waals surface area contributed by atoms with Crippen LogP contribution in [0.25, 0.3) is 0 Å². The molecule has 4 aromatic carbocycles. The molecule has 3 aliphatic rings. The number of ketones is 3. The molecule has 772 valence electrons. The second-order valence-corrected chi connectivity index (χ2v) is 39.2. The smallest absolute Gasteiger partial charge is 0.410 e. The van der Waals surface area contributed by atoms with Crippen LogP contribution >= 0.6 is 0 Å². The Morgan fingerprint density at radius 2 is 0.965 bits per heavy atom. The van der Waals surface area contributed by atoms with Crippen molar-refractivity contribution >= 4 is 118 Å². The summed E-state index contributed by atoms with van der Waals surface area (Å²) < 4.78 is 12.0.